The maximum absolute atomic E-state index is 10.6. The lowest BCUT2D eigenvalue weighted by Gasteiger charge is -2.11. The minimum atomic E-state index is 0.201. The second-order valence-electron chi connectivity index (χ2n) is 4.19. The number of nitrogens with two attached hydrogens (primary N) is 1. The Labute approximate surface area is 122 Å². The predicted molar refractivity (Wildman–Crippen MR) is 79.6 cm³/mol. The molecule has 0 saturated heterocycles. The number of rotatable bonds is 5. The van der Waals surface area contributed by atoms with Gasteiger partial charge in [-0.1, -0.05) is 0 Å². The SMILES string of the molecule is CCOc1nc(Nc2ccc(C=O)cc2)cc(N)c1C#N. The largest absolute Gasteiger partial charge is 0.477 e. The van der Waals surface area contributed by atoms with E-state index >= 15 is 0 Å². The molecule has 6 heteroatoms. The van der Waals surface area contributed by atoms with Crippen LogP contribution in [0.2, 0.25) is 0 Å². The molecule has 1 heterocycles. The number of aldehydes is 1. The van der Waals surface area contributed by atoms with E-state index in [1.807, 2.05) is 6.07 Å². The lowest BCUT2D eigenvalue weighted by molar-refractivity contribution is 0.112. The van der Waals surface area contributed by atoms with Gasteiger partial charge in [0.15, 0.2) is 0 Å². The minimum absolute atomic E-state index is 0.201. The van der Waals surface area contributed by atoms with Crippen LogP contribution in [0.1, 0.15) is 22.8 Å². The molecular formula is C15H14N4O2. The van der Waals surface area contributed by atoms with E-state index in [4.69, 9.17) is 15.7 Å². The second-order valence-corrected chi connectivity index (χ2v) is 4.19. The third kappa shape index (κ3) is 3.28. The monoisotopic (exact) mass is 282 g/mol. The van der Waals surface area contributed by atoms with Gasteiger partial charge in [0.05, 0.1) is 12.3 Å². The first-order valence-electron chi connectivity index (χ1n) is 6.33. The number of carbonyl (C=O) groups excluding carboxylic acids is 1. The van der Waals surface area contributed by atoms with E-state index in [0.717, 1.165) is 12.0 Å². The Kier molecular flexibility index (Phi) is 4.36. The van der Waals surface area contributed by atoms with Gasteiger partial charge in [-0.2, -0.15) is 10.2 Å². The van der Waals surface area contributed by atoms with Crippen LogP contribution < -0.4 is 15.8 Å². The average molecular weight is 282 g/mol. The van der Waals surface area contributed by atoms with Gasteiger partial charge in [0.1, 0.15) is 23.7 Å². The minimum Gasteiger partial charge on any atom is -0.477 e. The van der Waals surface area contributed by atoms with Crippen LogP contribution in [0, 0.1) is 11.3 Å². The molecule has 0 unspecified atom stereocenters. The number of anilines is 3. The van der Waals surface area contributed by atoms with Crippen molar-refractivity contribution in [1.82, 2.24) is 4.98 Å². The Morgan fingerprint density at radius 2 is 2.14 bits per heavy atom. The average Bonchev–Trinajstić information content (AvgIpc) is 2.48. The number of carbonyl (C=O) groups is 1. The van der Waals surface area contributed by atoms with Crippen LogP contribution in [0.3, 0.4) is 0 Å². The van der Waals surface area contributed by atoms with E-state index in [1.54, 1.807) is 37.3 Å². The summed E-state index contributed by atoms with van der Waals surface area (Å²) in [6.45, 7) is 2.19. The molecule has 0 fully saturated rings. The molecule has 2 rings (SSSR count). The van der Waals surface area contributed by atoms with E-state index in [-0.39, 0.29) is 11.4 Å². The molecule has 0 radical (unpaired) electrons. The van der Waals surface area contributed by atoms with Crippen LogP contribution >= 0.6 is 0 Å². The highest BCUT2D eigenvalue weighted by molar-refractivity contribution is 5.76. The topological polar surface area (TPSA) is 101 Å². The van der Waals surface area contributed by atoms with Crippen molar-refractivity contribution >= 4 is 23.5 Å². The molecule has 0 aliphatic carbocycles. The molecule has 1 aromatic carbocycles. The normalized spacial score (nSPS) is 9.71. The van der Waals surface area contributed by atoms with Gasteiger partial charge in [0, 0.05) is 17.3 Å². The van der Waals surface area contributed by atoms with Crippen molar-refractivity contribution in [2.75, 3.05) is 17.7 Å². The Balaban J connectivity index is 2.31. The lowest BCUT2D eigenvalue weighted by Crippen LogP contribution is -2.04. The number of hydrogen-bond acceptors (Lipinski definition) is 6. The van der Waals surface area contributed by atoms with Gasteiger partial charge in [0.2, 0.25) is 5.88 Å². The molecule has 2 aromatic rings. The predicted octanol–water partition coefficient (Wildman–Crippen LogP) is 2.49. The highest BCUT2D eigenvalue weighted by atomic mass is 16.5. The molecule has 3 N–H and O–H groups in total. The summed E-state index contributed by atoms with van der Waals surface area (Å²) in [4.78, 5) is 14.8. The number of nitriles is 1. The third-order valence-electron chi connectivity index (χ3n) is 2.73. The van der Waals surface area contributed by atoms with Gasteiger partial charge in [-0.25, -0.2) is 0 Å². The molecular weight excluding hydrogens is 268 g/mol. The zero-order valence-electron chi connectivity index (χ0n) is 11.5. The van der Waals surface area contributed by atoms with E-state index in [9.17, 15) is 4.79 Å². The zero-order chi connectivity index (χ0) is 15.2. The number of nitrogen functional groups attached to an aromatic ring is 1. The van der Waals surface area contributed by atoms with Gasteiger partial charge >= 0.3 is 0 Å². The van der Waals surface area contributed by atoms with Crippen molar-refractivity contribution in [1.29, 1.82) is 5.26 Å². The molecule has 0 spiro atoms. The van der Waals surface area contributed by atoms with Crippen molar-refractivity contribution in [2.45, 2.75) is 6.92 Å². The third-order valence-corrected chi connectivity index (χ3v) is 2.73. The van der Waals surface area contributed by atoms with E-state index in [2.05, 4.69) is 10.3 Å². The Morgan fingerprint density at radius 1 is 1.43 bits per heavy atom. The van der Waals surface area contributed by atoms with E-state index in [0.29, 0.717) is 23.7 Å². The molecule has 0 amide bonds. The van der Waals surface area contributed by atoms with Gasteiger partial charge < -0.3 is 15.8 Å². The van der Waals surface area contributed by atoms with Crippen molar-refractivity contribution in [3.05, 3.63) is 41.5 Å². The van der Waals surface area contributed by atoms with Gasteiger partial charge in [-0.3, -0.25) is 4.79 Å². The fourth-order valence-corrected chi connectivity index (χ4v) is 1.75. The maximum atomic E-state index is 10.6. The highest BCUT2D eigenvalue weighted by Crippen LogP contribution is 2.26. The number of nitrogens with one attached hydrogen (secondary N) is 1. The number of hydrogen-bond donors (Lipinski definition) is 2. The standard InChI is InChI=1S/C15H14N4O2/c1-2-21-15-12(8-16)13(17)7-14(19-15)18-11-5-3-10(9-20)4-6-11/h3-7,9H,2H2,1H3,(H3,17,18,19). The summed E-state index contributed by atoms with van der Waals surface area (Å²) < 4.78 is 5.32. The Morgan fingerprint density at radius 3 is 2.71 bits per heavy atom. The van der Waals surface area contributed by atoms with Crippen LogP contribution in [0.25, 0.3) is 0 Å². The first-order chi connectivity index (χ1) is 10.2. The lowest BCUT2D eigenvalue weighted by atomic mass is 10.2. The summed E-state index contributed by atoms with van der Waals surface area (Å²) in [6.07, 6.45) is 0.773. The van der Waals surface area contributed by atoms with Crippen molar-refractivity contribution in [3.63, 3.8) is 0 Å². The quantitative estimate of drug-likeness (QED) is 0.817. The summed E-state index contributed by atoms with van der Waals surface area (Å²) in [5, 5.41) is 12.1. The van der Waals surface area contributed by atoms with Crippen molar-refractivity contribution < 1.29 is 9.53 Å². The fourth-order valence-electron chi connectivity index (χ4n) is 1.75. The smallest absolute Gasteiger partial charge is 0.235 e. The molecule has 0 aliphatic rings. The van der Waals surface area contributed by atoms with E-state index in [1.165, 1.54) is 0 Å². The Bertz CT molecular complexity index is 690. The summed E-state index contributed by atoms with van der Waals surface area (Å²) in [7, 11) is 0. The van der Waals surface area contributed by atoms with Gasteiger partial charge in [-0.05, 0) is 31.2 Å². The van der Waals surface area contributed by atoms with Crippen LogP contribution in [-0.4, -0.2) is 17.9 Å². The Hall–Kier alpha value is -3.07. The van der Waals surface area contributed by atoms with Crippen LogP contribution in [-0.2, 0) is 0 Å². The van der Waals surface area contributed by atoms with Crippen molar-refractivity contribution in [2.24, 2.45) is 0 Å². The fraction of sp³-hybridized carbons (Fsp3) is 0.133. The summed E-state index contributed by atoms with van der Waals surface area (Å²) in [5.41, 5.74) is 7.68. The molecule has 0 aliphatic heterocycles. The molecule has 21 heavy (non-hydrogen) atoms. The number of benzene rings is 1. The molecule has 0 bridgehead atoms. The first kappa shape index (κ1) is 14.3. The summed E-state index contributed by atoms with van der Waals surface area (Å²) in [5.74, 6) is 0.667. The molecule has 1 aromatic heterocycles. The number of aromatic nitrogens is 1. The van der Waals surface area contributed by atoms with Gasteiger partial charge in [0.25, 0.3) is 0 Å². The number of pyridine rings is 1. The van der Waals surface area contributed by atoms with E-state index < -0.39 is 0 Å². The van der Waals surface area contributed by atoms with Crippen LogP contribution in [0.5, 0.6) is 5.88 Å². The summed E-state index contributed by atoms with van der Waals surface area (Å²) >= 11 is 0. The zero-order valence-corrected chi connectivity index (χ0v) is 11.5. The van der Waals surface area contributed by atoms with Crippen LogP contribution in [0.15, 0.2) is 30.3 Å². The highest BCUT2D eigenvalue weighted by Gasteiger charge is 2.11. The molecule has 0 atom stereocenters. The van der Waals surface area contributed by atoms with Gasteiger partial charge in [-0.15, -0.1) is 0 Å². The summed E-state index contributed by atoms with van der Waals surface area (Å²) in [6, 6.07) is 10.4. The number of nitrogens with zero attached hydrogens (tertiary/aromatic N) is 2. The maximum Gasteiger partial charge on any atom is 0.235 e. The first-order valence-corrected chi connectivity index (χ1v) is 6.33. The van der Waals surface area contributed by atoms with Crippen LogP contribution in [0.4, 0.5) is 17.2 Å². The molecule has 6 nitrogen and oxygen atoms in total. The number of ether oxygens (including phenoxy) is 1. The van der Waals surface area contributed by atoms with Crippen molar-refractivity contribution in [3.8, 4) is 11.9 Å². The second kappa shape index (κ2) is 6.39. The molecule has 0 saturated carbocycles. The molecule has 106 valence electrons.